The van der Waals surface area contributed by atoms with Gasteiger partial charge in [0, 0.05) is 0 Å². The van der Waals surface area contributed by atoms with Crippen molar-refractivity contribution in [2.75, 3.05) is 0 Å². The summed E-state index contributed by atoms with van der Waals surface area (Å²) in [5.41, 5.74) is 4.55. The van der Waals surface area contributed by atoms with Crippen molar-refractivity contribution in [2.24, 2.45) is 56.7 Å². The van der Waals surface area contributed by atoms with Crippen molar-refractivity contribution in [1.29, 1.82) is 0 Å². The predicted octanol–water partition coefficient (Wildman–Crippen LogP) is 9.05. The van der Waals surface area contributed by atoms with Gasteiger partial charge in [0.2, 0.25) is 0 Å². The average molecular weight is 411 g/mol. The Bertz CT molecular complexity index is 741. The lowest BCUT2D eigenvalue weighted by Gasteiger charge is -2.70. The summed E-state index contributed by atoms with van der Waals surface area (Å²) >= 11 is 0. The standard InChI is InChI=1S/C30H50/c1-20(2)21-10-11-22-23-12-13-25-28(6)16-9-15-26(3,4)24(28)14-17-30(25,8)29(23,7)19-18-27(21,22)5/h12,20-22,24-25H,9-11,13-19H2,1-8H3/t21-,22+,24?,25?,27+,28+,29-,30-/m1/s1. The van der Waals surface area contributed by atoms with Gasteiger partial charge in [0.1, 0.15) is 0 Å². The Labute approximate surface area is 188 Å². The van der Waals surface area contributed by atoms with E-state index in [0.717, 1.165) is 29.6 Å². The highest BCUT2D eigenvalue weighted by Crippen LogP contribution is 2.76. The number of fused-ring (bicyclic) bond motifs is 7. The Balaban J connectivity index is 1.56. The van der Waals surface area contributed by atoms with Crippen molar-refractivity contribution >= 4 is 0 Å². The third kappa shape index (κ3) is 2.46. The molecule has 0 nitrogen and oxygen atoms in total. The topological polar surface area (TPSA) is 0 Å². The van der Waals surface area contributed by atoms with Crippen LogP contribution in [0.5, 0.6) is 0 Å². The highest BCUT2D eigenvalue weighted by Gasteiger charge is 2.67. The lowest BCUT2D eigenvalue weighted by molar-refractivity contribution is -0.176. The maximum absolute atomic E-state index is 2.85. The largest absolute Gasteiger partial charge is 0.0841 e. The molecule has 0 aliphatic heterocycles. The highest BCUT2D eigenvalue weighted by atomic mass is 14.7. The molecule has 0 bridgehead atoms. The van der Waals surface area contributed by atoms with E-state index in [2.05, 4.69) is 61.5 Å². The van der Waals surface area contributed by atoms with E-state index in [1.54, 1.807) is 0 Å². The molecule has 8 atom stereocenters. The van der Waals surface area contributed by atoms with Crippen LogP contribution in [0.3, 0.4) is 0 Å². The molecule has 0 aromatic rings. The third-order valence-electron chi connectivity index (χ3n) is 13.0. The van der Waals surface area contributed by atoms with E-state index in [-0.39, 0.29) is 0 Å². The molecular formula is C30H50. The molecule has 0 amide bonds. The van der Waals surface area contributed by atoms with Crippen LogP contribution in [-0.2, 0) is 0 Å². The molecule has 30 heavy (non-hydrogen) atoms. The normalized spacial score (nSPS) is 54.6. The second kappa shape index (κ2) is 6.41. The summed E-state index contributed by atoms with van der Waals surface area (Å²) in [5, 5.41) is 0. The van der Waals surface area contributed by atoms with Crippen LogP contribution in [0, 0.1) is 56.7 Å². The van der Waals surface area contributed by atoms with Gasteiger partial charge in [-0.15, -0.1) is 0 Å². The molecular weight excluding hydrogens is 360 g/mol. The van der Waals surface area contributed by atoms with Gasteiger partial charge in [-0.3, -0.25) is 0 Å². The first-order valence-corrected chi connectivity index (χ1v) is 13.6. The van der Waals surface area contributed by atoms with Gasteiger partial charge >= 0.3 is 0 Å². The molecule has 0 spiro atoms. The summed E-state index contributed by atoms with van der Waals surface area (Å²) in [6.07, 6.45) is 17.4. The first-order valence-electron chi connectivity index (χ1n) is 13.6. The summed E-state index contributed by atoms with van der Waals surface area (Å²) < 4.78 is 0. The van der Waals surface area contributed by atoms with E-state index in [9.17, 15) is 0 Å². The van der Waals surface area contributed by atoms with E-state index < -0.39 is 0 Å². The summed E-state index contributed by atoms with van der Waals surface area (Å²) in [6, 6.07) is 0. The van der Waals surface area contributed by atoms with Crippen molar-refractivity contribution in [1.82, 2.24) is 0 Å². The third-order valence-corrected chi connectivity index (χ3v) is 13.0. The van der Waals surface area contributed by atoms with Crippen LogP contribution >= 0.6 is 0 Å². The van der Waals surface area contributed by atoms with Gasteiger partial charge in [-0.2, -0.15) is 0 Å². The molecule has 0 radical (unpaired) electrons. The smallest absolute Gasteiger partial charge is 0.00565 e. The minimum atomic E-state index is 0.446. The van der Waals surface area contributed by atoms with Crippen LogP contribution in [0.15, 0.2) is 11.6 Å². The van der Waals surface area contributed by atoms with E-state index in [1.165, 1.54) is 64.2 Å². The van der Waals surface area contributed by atoms with Gasteiger partial charge in [0.25, 0.3) is 0 Å². The van der Waals surface area contributed by atoms with Crippen molar-refractivity contribution in [2.45, 2.75) is 120 Å². The molecule has 0 aromatic carbocycles. The predicted molar refractivity (Wildman–Crippen MR) is 129 cm³/mol. The second-order valence-electron chi connectivity index (χ2n) is 14.6. The first-order chi connectivity index (χ1) is 13.9. The number of hydrogen-bond donors (Lipinski definition) is 0. The molecule has 0 heterocycles. The van der Waals surface area contributed by atoms with Crippen LogP contribution < -0.4 is 0 Å². The fourth-order valence-electron chi connectivity index (χ4n) is 11.3. The summed E-state index contributed by atoms with van der Waals surface area (Å²) in [7, 11) is 0. The fraction of sp³-hybridized carbons (Fsp3) is 0.933. The molecule has 5 aliphatic rings. The van der Waals surface area contributed by atoms with E-state index in [4.69, 9.17) is 0 Å². The maximum atomic E-state index is 2.85. The Morgan fingerprint density at radius 2 is 1.50 bits per heavy atom. The Kier molecular flexibility index (Phi) is 4.61. The van der Waals surface area contributed by atoms with Crippen molar-refractivity contribution in [3.8, 4) is 0 Å². The number of rotatable bonds is 1. The second-order valence-corrected chi connectivity index (χ2v) is 14.6. The summed E-state index contributed by atoms with van der Waals surface area (Å²) in [4.78, 5) is 0. The molecule has 0 aromatic heterocycles. The summed E-state index contributed by atoms with van der Waals surface area (Å²) in [6.45, 7) is 21.1. The van der Waals surface area contributed by atoms with Gasteiger partial charge in [0.15, 0.2) is 0 Å². The van der Waals surface area contributed by atoms with E-state index >= 15 is 0 Å². The minimum Gasteiger partial charge on any atom is -0.0841 e. The fourth-order valence-corrected chi connectivity index (χ4v) is 11.3. The van der Waals surface area contributed by atoms with Gasteiger partial charge in [-0.1, -0.05) is 73.5 Å². The maximum Gasteiger partial charge on any atom is -0.00565 e. The van der Waals surface area contributed by atoms with Crippen LogP contribution in [-0.4, -0.2) is 0 Å². The molecule has 4 fully saturated rings. The molecule has 0 heteroatoms. The molecule has 2 unspecified atom stereocenters. The SMILES string of the molecule is CC(C)[C@H]1CC[C@H]2C3=CCC4[C@@]5(C)CCCC(C)(C)C5CC[C@@]4(C)[C@]3(C)CC[C@@]12C. The first kappa shape index (κ1) is 21.6. The quantitative estimate of drug-likeness (QED) is 0.378. The van der Waals surface area contributed by atoms with Gasteiger partial charge in [-0.25, -0.2) is 0 Å². The average Bonchev–Trinajstić information content (AvgIpc) is 2.99. The minimum absolute atomic E-state index is 0.446. The molecule has 4 saturated carbocycles. The Morgan fingerprint density at radius 1 is 0.767 bits per heavy atom. The lowest BCUT2D eigenvalue weighted by atomic mass is 9.34. The number of hydrogen-bond acceptors (Lipinski definition) is 0. The Morgan fingerprint density at radius 3 is 2.20 bits per heavy atom. The van der Waals surface area contributed by atoms with Crippen LogP contribution in [0.4, 0.5) is 0 Å². The van der Waals surface area contributed by atoms with Crippen LogP contribution in [0.2, 0.25) is 0 Å². The van der Waals surface area contributed by atoms with Crippen LogP contribution in [0.25, 0.3) is 0 Å². The van der Waals surface area contributed by atoms with Gasteiger partial charge in [-0.05, 0) is 114 Å². The van der Waals surface area contributed by atoms with E-state index in [0.29, 0.717) is 27.1 Å². The van der Waals surface area contributed by atoms with Crippen LogP contribution in [0.1, 0.15) is 120 Å². The van der Waals surface area contributed by atoms with Crippen molar-refractivity contribution in [3.63, 3.8) is 0 Å². The molecule has 5 rings (SSSR count). The van der Waals surface area contributed by atoms with Gasteiger partial charge < -0.3 is 0 Å². The molecule has 0 N–H and O–H groups in total. The van der Waals surface area contributed by atoms with E-state index in [1.807, 2.05) is 5.57 Å². The van der Waals surface area contributed by atoms with Crippen molar-refractivity contribution in [3.05, 3.63) is 11.6 Å². The lowest BCUT2D eigenvalue weighted by Crippen LogP contribution is -2.62. The molecule has 170 valence electrons. The number of allylic oxidation sites excluding steroid dienone is 2. The Hall–Kier alpha value is -0.260. The zero-order valence-electron chi connectivity index (χ0n) is 21.5. The highest BCUT2D eigenvalue weighted by molar-refractivity contribution is 5.33. The molecule has 5 aliphatic carbocycles. The van der Waals surface area contributed by atoms with Crippen molar-refractivity contribution < 1.29 is 0 Å². The zero-order chi connectivity index (χ0) is 21.7. The summed E-state index contributed by atoms with van der Waals surface area (Å²) in [5.74, 6) is 4.47. The monoisotopic (exact) mass is 410 g/mol. The molecule has 0 saturated heterocycles. The zero-order valence-corrected chi connectivity index (χ0v) is 21.5. The van der Waals surface area contributed by atoms with Gasteiger partial charge in [0.05, 0.1) is 0 Å².